The van der Waals surface area contributed by atoms with E-state index >= 15 is 0 Å². The zero-order chi connectivity index (χ0) is 9.68. The molecule has 0 saturated heterocycles. The van der Waals surface area contributed by atoms with Crippen LogP contribution >= 0.6 is 0 Å². The quantitative estimate of drug-likeness (QED) is 0.683. The van der Waals surface area contributed by atoms with Gasteiger partial charge < -0.3 is 4.90 Å². The summed E-state index contributed by atoms with van der Waals surface area (Å²) in [7, 11) is 3.56. The average Bonchev–Trinajstić information content (AvgIpc) is 2.15. The molecule has 69 valence electrons. The van der Waals surface area contributed by atoms with Crippen molar-refractivity contribution in [1.29, 1.82) is 0 Å². The number of carbonyl (C=O) groups excluding carboxylic acids is 1. The summed E-state index contributed by atoms with van der Waals surface area (Å²) in [5.41, 5.74) is 1.19. The molecule has 0 saturated carbocycles. The molecule has 0 aliphatic heterocycles. The van der Waals surface area contributed by atoms with E-state index in [4.69, 9.17) is 0 Å². The second-order valence-electron chi connectivity index (χ2n) is 3.20. The number of nitrogens with zero attached hydrogens (tertiary/aromatic N) is 1. The van der Waals surface area contributed by atoms with Gasteiger partial charge in [-0.25, -0.2) is 0 Å². The van der Waals surface area contributed by atoms with Crippen LogP contribution in [0.25, 0.3) is 0 Å². The summed E-state index contributed by atoms with van der Waals surface area (Å²) in [5, 5.41) is 0. The van der Waals surface area contributed by atoms with Crippen LogP contribution in [0.5, 0.6) is 0 Å². The predicted molar refractivity (Wildman–Crippen MR) is 52.3 cm³/mol. The number of rotatable bonds is 3. The lowest BCUT2D eigenvalue weighted by atomic mass is 10.1. The molecular weight excluding hydrogens is 162 g/mol. The van der Waals surface area contributed by atoms with Gasteiger partial charge in [-0.15, -0.1) is 0 Å². The Hall–Kier alpha value is -1.31. The van der Waals surface area contributed by atoms with Gasteiger partial charge in [-0.3, -0.25) is 4.79 Å². The first-order valence-electron chi connectivity index (χ1n) is 4.35. The van der Waals surface area contributed by atoms with Crippen LogP contribution in [0, 0.1) is 6.07 Å². The maximum absolute atomic E-state index is 11.2. The molecule has 1 radical (unpaired) electrons. The Kier molecular flexibility index (Phi) is 3.50. The molecule has 0 fully saturated rings. The number of carbonyl (C=O) groups is 1. The van der Waals surface area contributed by atoms with E-state index in [0.717, 1.165) is 6.42 Å². The number of aryl methyl sites for hydroxylation is 1. The number of hydrogen-bond donors (Lipinski definition) is 0. The van der Waals surface area contributed by atoms with Crippen LogP contribution in [0.1, 0.15) is 12.0 Å². The van der Waals surface area contributed by atoms with Gasteiger partial charge in [0.1, 0.15) is 0 Å². The second kappa shape index (κ2) is 4.65. The van der Waals surface area contributed by atoms with E-state index in [9.17, 15) is 4.79 Å². The standard InChI is InChI=1S/C11H14NO/c1-12(2)11(13)9-8-10-6-4-3-5-7-10/h4-7H,8-9H2,1-2H3. The van der Waals surface area contributed by atoms with Crippen molar-refractivity contribution in [3.8, 4) is 0 Å². The molecule has 0 aliphatic rings. The summed E-state index contributed by atoms with van der Waals surface area (Å²) in [6, 6.07) is 10.7. The van der Waals surface area contributed by atoms with Gasteiger partial charge in [0.25, 0.3) is 0 Å². The molecule has 0 atom stereocenters. The van der Waals surface area contributed by atoms with Gasteiger partial charge in [0.15, 0.2) is 0 Å². The fourth-order valence-electron chi connectivity index (χ4n) is 1.06. The molecule has 13 heavy (non-hydrogen) atoms. The van der Waals surface area contributed by atoms with E-state index in [0.29, 0.717) is 6.42 Å². The van der Waals surface area contributed by atoms with Crippen LogP contribution in [-0.2, 0) is 11.2 Å². The highest BCUT2D eigenvalue weighted by Crippen LogP contribution is 2.02. The van der Waals surface area contributed by atoms with Gasteiger partial charge in [0, 0.05) is 20.5 Å². The largest absolute Gasteiger partial charge is 0.349 e. The Bertz CT molecular complexity index is 267. The van der Waals surface area contributed by atoms with Crippen LogP contribution in [0.2, 0.25) is 0 Å². The summed E-state index contributed by atoms with van der Waals surface area (Å²) < 4.78 is 0. The molecule has 0 heterocycles. The van der Waals surface area contributed by atoms with Gasteiger partial charge in [-0.05, 0) is 18.1 Å². The minimum atomic E-state index is 0.174. The van der Waals surface area contributed by atoms with Crippen LogP contribution in [0.15, 0.2) is 24.3 Å². The first-order chi connectivity index (χ1) is 6.20. The SMILES string of the molecule is CN(C)C(=O)CCc1cc[c]cc1. The van der Waals surface area contributed by atoms with Crippen LogP contribution in [0.4, 0.5) is 0 Å². The smallest absolute Gasteiger partial charge is 0.222 e. The van der Waals surface area contributed by atoms with Crippen molar-refractivity contribution in [2.24, 2.45) is 0 Å². The summed E-state index contributed by atoms with van der Waals surface area (Å²) in [6.45, 7) is 0. The molecule has 1 aromatic rings. The Balaban J connectivity index is 2.40. The monoisotopic (exact) mass is 176 g/mol. The molecule has 0 bridgehead atoms. The molecule has 1 aromatic carbocycles. The summed E-state index contributed by atoms with van der Waals surface area (Å²) in [5.74, 6) is 0.174. The maximum Gasteiger partial charge on any atom is 0.222 e. The number of amides is 1. The Morgan fingerprint density at radius 3 is 2.54 bits per heavy atom. The zero-order valence-electron chi connectivity index (χ0n) is 8.08. The van der Waals surface area contributed by atoms with Gasteiger partial charge in [0.05, 0.1) is 0 Å². The molecular formula is C11H14NO. The molecule has 2 heteroatoms. The highest BCUT2D eigenvalue weighted by molar-refractivity contribution is 5.75. The van der Waals surface area contributed by atoms with Crippen molar-refractivity contribution >= 4 is 5.91 Å². The molecule has 0 N–H and O–H groups in total. The second-order valence-corrected chi connectivity index (χ2v) is 3.20. The molecule has 0 spiro atoms. The van der Waals surface area contributed by atoms with Crippen molar-refractivity contribution in [3.05, 3.63) is 35.9 Å². The van der Waals surface area contributed by atoms with Crippen molar-refractivity contribution in [2.45, 2.75) is 12.8 Å². The van der Waals surface area contributed by atoms with Crippen LogP contribution < -0.4 is 0 Å². The molecule has 1 rings (SSSR count). The van der Waals surface area contributed by atoms with E-state index < -0.39 is 0 Å². The summed E-state index contributed by atoms with van der Waals surface area (Å²) >= 11 is 0. The summed E-state index contributed by atoms with van der Waals surface area (Å²) in [4.78, 5) is 12.9. The zero-order valence-corrected chi connectivity index (χ0v) is 8.08. The predicted octanol–water partition coefficient (Wildman–Crippen LogP) is 1.51. The van der Waals surface area contributed by atoms with Gasteiger partial charge >= 0.3 is 0 Å². The van der Waals surface area contributed by atoms with Crippen molar-refractivity contribution in [3.63, 3.8) is 0 Å². The van der Waals surface area contributed by atoms with Gasteiger partial charge in [0.2, 0.25) is 5.91 Å². The average molecular weight is 176 g/mol. The lowest BCUT2D eigenvalue weighted by molar-refractivity contribution is -0.128. The minimum absolute atomic E-state index is 0.174. The lowest BCUT2D eigenvalue weighted by Crippen LogP contribution is -2.21. The third kappa shape index (κ3) is 3.28. The lowest BCUT2D eigenvalue weighted by Gasteiger charge is -2.09. The minimum Gasteiger partial charge on any atom is -0.349 e. The third-order valence-corrected chi connectivity index (χ3v) is 1.91. The molecule has 0 unspecified atom stereocenters. The Labute approximate surface area is 79.2 Å². The fraction of sp³-hybridized carbons (Fsp3) is 0.364. The normalized spacial score (nSPS) is 9.69. The van der Waals surface area contributed by atoms with Crippen molar-refractivity contribution in [1.82, 2.24) is 4.90 Å². The van der Waals surface area contributed by atoms with Gasteiger partial charge in [-0.2, -0.15) is 0 Å². The first kappa shape index (κ1) is 9.78. The van der Waals surface area contributed by atoms with Crippen LogP contribution in [0.3, 0.4) is 0 Å². The van der Waals surface area contributed by atoms with Gasteiger partial charge in [-0.1, -0.05) is 24.3 Å². The van der Waals surface area contributed by atoms with Crippen LogP contribution in [-0.4, -0.2) is 24.9 Å². The first-order valence-corrected chi connectivity index (χ1v) is 4.35. The summed E-state index contributed by atoms with van der Waals surface area (Å²) in [6.07, 6.45) is 1.39. The number of hydrogen-bond acceptors (Lipinski definition) is 1. The van der Waals surface area contributed by atoms with E-state index in [2.05, 4.69) is 6.07 Å². The topological polar surface area (TPSA) is 20.3 Å². The molecule has 2 nitrogen and oxygen atoms in total. The molecule has 0 aliphatic carbocycles. The van der Waals surface area contributed by atoms with E-state index in [-0.39, 0.29) is 5.91 Å². The Morgan fingerprint density at radius 1 is 1.38 bits per heavy atom. The Morgan fingerprint density at radius 2 is 2.00 bits per heavy atom. The number of benzene rings is 1. The fourth-order valence-corrected chi connectivity index (χ4v) is 1.06. The highest BCUT2D eigenvalue weighted by Gasteiger charge is 2.03. The van der Waals surface area contributed by atoms with E-state index in [1.165, 1.54) is 5.56 Å². The molecule has 1 amide bonds. The third-order valence-electron chi connectivity index (χ3n) is 1.91. The van der Waals surface area contributed by atoms with Crippen molar-refractivity contribution in [2.75, 3.05) is 14.1 Å². The van der Waals surface area contributed by atoms with Crippen molar-refractivity contribution < 1.29 is 4.79 Å². The van der Waals surface area contributed by atoms with E-state index in [1.54, 1.807) is 19.0 Å². The highest BCUT2D eigenvalue weighted by atomic mass is 16.2. The maximum atomic E-state index is 11.2. The van der Waals surface area contributed by atoms with E-state index in [1.807, 2.05) is 24.3 Å². The molecule has 0 aromatic heterocycles.